The van der Waals surface area contributed by atoms with Gasteiger partial charge in [0.2, 0.25) is 5.91 Å². The van der Waals surface area contributed by atoms with Crippen molar-refractivity contribution in [3.8, 4) is 0 Å². The van der Waals surface area contributed by atoms with E-state index in [2.05, 4.69) is 16.0 Å². The van der Waals surface area contributed by atoms with Crippen LogP contribution in [0.3, 0.4) is 0 Å². The first-order valence-electron chi connectivity index (χ1n) is 11.2. The molecule has 1 aliphatic heterocycles. The van der Waals surface area contributed by atoms with Gasteiger partial charge in [-0.3, -0.25) is 9.59 Å². The van der Waals surface area contributed by atoms with Gasteiger partial charge >= 0.3 is 6.03 Å². The highest BCUT2D eigenvalue weighted by Crippen LogP contribution is 2.20. The zero-order valence-corrected chi connectivity index (χ0v) is 18.1. The van der Waals surface area contributed by atoms with E-state index >= 15 is 0 Å². The van der Waals surface area contributed by atoms with Crippen molar-refractivity contribution < 1.29 is 14.4 Å². The van der Waals surface area contributed by atoms with Gasteiger partial charge in [-0.2, -0.15) is 0 Å². The molecule has 0 atom stereocenters. The smallest absolute Gasteiger partial charge is 0.321 e. The highest BCUT2D eigenvalue weighted by Gasteiger charge is 2.27. The Balaban J connectivity index is 1.45. The second-order valence-electron chi connectivity index (χ2n) is 8.74. The van der Waals surface area contributed by atoms with Gasteiger partial charge in [-0.05, 0) is 63.8 Å². The van der Waals surface area contributed by atoms with Crippen LogP contribution in [0.5, 0.6) is 0 Å². The molecule has 7 heteroatoms. The fraction of sp³-hybridized carbons (Fsp3) is 0.609. The number of piperidine rings is 1. The van der Waals surface area contributed by atoms with Crippen molar-refractivity contribution in [3.05, 3.63) is 29.8 Å². The van der Waals surface area contributed by atoms with E-state index in [9.17, 15) is 14.4 Å². The van der Waals surface area contributed by atoms with Crippen molar-refractivity contribution in [2.24, 2.45) is 5.92 Å². The Hall–Kier alpha value is -2.57. The number of rotatable bonds is 5. The van der Waals surface area contributed by atoms with Crippen molar-refractivity contribution in [2.75, 3.05) is 18.4 Å². The number of anilines is 1. The number of nitrogens with zero attached hydrogens (tertiary/aromatic N) is 1. The number of carbonyl (C=O) groups excluding carboxylic acids is 3. The van der Waals surface area contributed by atoms with Crippen molar-refractivity contribution in [3.63, 3.8) is 0 Å². The SMILES string of the molecule is CC(C)NC(=O)C1CCN(C(=O)Nc2ccc(C(=O)NC3CCCCC3)cc2)CC1. The van der Waals surface area contributed by atoms with E-state index in [0.29, 0.717) is 37.2 Å². The van der Waals surface area contributed by atoms with Gasteiger partial charge in [0.1, 0.15) is 0 Å². The summed E-state index contributed by atoms with van der Waals surface area (Å²) in [6.07, 6.45) is 7.05. The summed E-state index contributed by atoms with van der Waals surface area (Å²) in [4.78, 5) is 38.8. The van der Waals surface area contributed by atoms with Crippen molar-refractivity contribution in [1.29, 1.82) is 0 Å². The maximum Gasteiger partial charge on any atom is 0.321 e. The quantitative estimate of drug-likeness (QED) is 0.689. The highest BCUT2D eigenvalue weighted by atomic mass is 16.2. The van der Waals surface area contributed by atoms with Gasteiger partial charge in [-0.15, -0.1) is 0 Å². The molecule has 2 fully saturated rings. The van der Waals surface area contributed by atoms with Crippen LogP contribution in [0.4, 0.5) is 10.5 Å². The van der Waals surface area contributed by atoms with Gasteiger partial charge in [-0.25, -0.2) is 4.79 Å². The molecule has 3 rings (SSSR count). The molecular weight excluding hydrogens is 380 g/mol. The lowest BCUT2D eigenvalue weighted by Crippen LogP contribution is -2.45. The third-order valence-corrected chi connectivity index (χ3v) is 5.92. The second-order valence-corrected chi connectivity index (χ2v) is 8.74. The number of nitrogens with one attached hydrogen (secondary N) is 3. The fourth-order valence-electron chi connectivity index (χ4n) is 4.17. The molecule has 1 aromatic carbocycles. The van der Waals surface area contributed by atoms with E-state index in [0.717, 1.165) is 12.8 Å². The van der Waals surface area contributed by atoms with E-state index in [1.165, 1.54) is 19.3 Å². The topological polar surface area (TPSA) is 90.5 Å². The zero-order valence-electron chi connectivity index (χ0n) is 18.1. The fourth-order valence-corrected chi connectivity index (χ4v) is 4.17. The third kappa shape index (κ3) is 6.21. The standard InChI is InChI=1S/C23H34N4O3/c1-16(2)24-21(28)18-12-14-27(15-13-18)23(30)26-20-10-8-17(9-11-20)22(29)25-19-6-4-3-5-7-19/h8-11,16,18-19H,3-7,12-15H2,1-2H3,(H,24,28)(H,25,29)(H,26,30). The average molecular weight is 415 g/mol. The van der Waals surface area contributed by atoms with Gasteiger partial charge < -0.3 is 20.9 Å². The van der Waals surface area contributed by atoms with Gasteiger partial charge in [0.05, 0.1) is 0 Å². The van der Waals surface area contributed by atoms with Crippen LogP contribution in [0.1, 0.15) is 69.2 Å². The summed E-state index contributed by atoms with van der Waals surface area (Å²) < 4.78 is 0. The monoisotopic (exact) mass is 414 g/mol. The normalized spacial score (nSPS) is 18.2. The molecule has 1 saturated heterocycles. The summed E-state index contributed by atoms with van der Waals surface area (Å²) >= 11 is 0. The summed E-state index contributed by atoms with van der Waals surface area (Å²) in [5, 5.41) is 8.94. The molecular formula is C23H34N4O3. The van der Waals surface area contributed by atoms with Gasteiger partial charge in [0.25, 0.3) is 5.91 Å². The molecule has 164 valence electrons. The molecule has 0 spiro atoms. The zero-order chi connectivity index (χ0) is 21.5. The molecule has 0 aromatic heterocycles. The average Bonchev–Trinajstić information content (AvgIpc) is 2.74. The van der Waals surface area contributed by atoms with Crippen LogP contribution in [-0.4, -0.2) is 47.9 Å². The van der Waals surface area contributed by atoms with Crippen molar-refractivity contribution in [2.45, 2.75) is 70.9 Å². The maximum absolute atomic E-state index is 12.5. The molecule has 2 aliphatic rings. The minimum Gasteiger partial charge on any atom is -0.354 e. The van der Waals surface area contributed by atoms with E-state index in [4.69, 9.17) is 0 Å². The highest BCUT2D eigenvalue weighted by molar-refractivity contribution is 5.95. The first-order valence-corrected chi connectivity index (χ1v) is 11.2. The van der Waals surface area contributed by atoms with Crippen LogP contribution in [0, 0.1) is 5.92 Å². The van der Waals surface area contributed by atoms with E-state index in [1.807, 2.05) is 13.8 Å². The summed E-state index contributed by atoms with van der Waals surface area (Å²) in [5.74, 6) is -0.00733. The number of likely N-dealkylation sites (tertiary alicyclic amines) is 1. The van der Waals surface area contributed by atoms with Gasteiger partial charge in [-0.1, -0.05) is 19.3 Å². The molecule has 3 N–H and O–H groups in total. The van der Waals surface area contributed by atoms with Crippen molar-refractivity contribution in [1.82, 2.24) is 15.5 Å². The van der Waals surface area contributed by atoms with E-state index in [-0.39, 0.29) is 35.8 Å². The lowest BCUT2D eigenvalue weighted by molar-refractivity contribution is -0.126. The Kier molecular flexibility index (Phi) is 7.71. The Morgan fingerprint density at radius 2 is 1.57 bits per heavy atom. The van der Waals surface area contributed by atoms with Crippen molar-refractivity contribution >= 4 is 23.5 Å². The number of hydrogen-bond acceptors (Lipinski definition) is 3. The van der Waals surface area contributed by atoms with Crippen LogP contribution in [0.25, 0.3) is 0 Å². The Labute approximate surface area is 179 Å². The molecule has 4 amide bonds. The molecule has 0 bridgehead atoms. The van der Waals surface area contributed by atoms with Crippen LogP contribution in [-0.2, 0) is 4.79 Å². The number of benzene rings is 1. The first-order chi connectivity index (χ1) is 14.4. The predicted octanol–water partition coefficient (Wildman–Crippen LogP) is 3.52. The summed E-state index contributed by atoms with van der Waals surface area (Å²) in [7, 11) is 0. The summed E-state index contributed by atoms with van der Waals surface area (Å²) in [6.45, 7) is 5.02. The van der Waals surface area contributed by atoms with Crippen LogP contribution in [0.15, 0.2) is 24.3 Å². The summed E-state index contributed by atoms with van der Waals surface area (Å²) in [6, 6.07) is 7.25. The largest absolute Gasteiger partial charge is 0.354 e. The first kappa shape index (κ1) is 22.1. The summed E-state index contributed by atoms with van der Waals surface area (Å²) in [5.41, 5.74) is 1.27. The maximum atomic E-state index is 12.5. The lowest BCUT2D eigenvalue weighted by Gasteiger charge is -2.31. The minimum absolute atomic E-state index is 0.0292. The van der Waals surface area contributed by atoms with Crippen LogP contribution >= 0.6 is 0 Å². The van der Waals surface area contributed by atoms with Crippen LogP contribution in [0.2, 0.25) is 0 Å². The molecule has 1 heterocycles. The molecule has 1 aromatic rings. The molecule has 7 nitrogen and oxygen atoms in total. The number of hydrogen-bond donors (Lipinski definition) is 3. The lowest BCUT2D eigenvalue weighted by atomic mass is 9.95. The van der Waals surface area contributed by atoms with Gasteiger partial charge in [0, 0.05) is 42.3 Å². The minimum atomic E-state index is -0.169. The Morgan fingerprint density at radius 1 is 0.933 bits per heavy atom. The number of amides is 4. The predicted molar refractivity (Wildman–Crippen MR) is 117 cm³/mol. The van der Waals surface area contributed by atoms with Gasteiger partial charge in [0.15, 0.2) is 0 Å². The van der Waals surface area contributed by atoms with E-state index in [1.54, 1.807) is 29.2 Å². The molecule has 1 aliphatic carbocycles. The van der Waals surface area contributed by atoms with E-state index < -0.39 is 0 Å². The number of carbonyl (C=O) groups is 3. The molecule has 0 radical (unpaired) electrons. The third-order valence-electron chi connectivity index (χ3n) is 5.92. The molecule has 30 heavy (non-hydrogen) atoms. The molecule has 1 saturated carbocycles. The Morgan fingerprint density at radius 3 is 2.17 bits per heavy atom. The van der Waals surface area contributed by atoms with Crippen LogP contribution < -0.4 is 16.0 Å². The number of urea groups is 1. The second kappa shape index (κ2) is 10.5. The molecule has 0 unspecified atom stereocenters. The Bertz CT molecular complexity index is 733.